The van der Waals surface area contributed by atoms with Gasteiger partial charge in [0.25, 0.3) is 0 Å². The summed E-state index contributed by atoms with van der Waals surface area (Å²) in [5.41, 5.74) is 0. The molecular formula is C10H18N2O2. The Labute approximate surface area is 84.6 Å². The fraction of sp³-hybridized carbons (Fsp3) is 0.900. The standard InChI is InChI=1S/C10H18N2O2/c1-8-6-14-7-10(13)12(8)9-3-2-4-11-5-9/h8-9,11H,2-7H2,1H3. The number of amides is 1. The van der Waals surface area contributed by atoms with E-state index >= 15 is 0 Å². The molecule has 2 aliphatic rings. The summed E-state index contributed by atoms with van der Waals surface area (Å²) in [6, 6.07) is 0.622. The van der Waals surface area contributed by atoms with Gasteiger partial charge in [-0.2, -0.15) is 0 Å². The highest BCUT2D eigenvalue weighted by Gasteiger charge is 2.32. The van der Waals surface area contributed by atoms with Crippen LogP contribution in [-0.2, 0) is 9.53 Å². The first-order chi connectivity index (χ1) is 6.79. The van der Waals surface area contributed by atoms with E-state index in [4.69, 9.17) is 4.74 Å². The first-order valence-corrected chi connectivity index (χ1v) is 5.38. The molecule has 4 heteroatoms. The van der Waals surface area contributed by atoms with Crippen molar-refractivity contribution in [1.82, 2.24) is 10.2 Å². The molecule has 2 saturated heterocycles. The molecule has 0 aromatic rings. The number of morpholine rings is 1. The molecule has 2 fully saturated rings. The van der Waals surface area contributed by atoms with Gasteiger partial charge in [-0.3, -0.25) is 4.79 Å². The lowest BCUT2D eigenvalue weighted by Crippen LogP contribution is -2.57. The summed E-state index contributed by atoms with van der Waals surface area (Å²) >= 11 is 0. The lowest BCUT2D eigenvalue weighted by Gasteiger charge is -2.41. The first kappa shape index (κ1) is 9.93. The van der Waals surface area contributed by atoms with E-state index in [2.05, 4.69) is 12.2 Å². The molecule has 0 bridgehead atoms. The van der Waals surface area contributed by atoms with Crippen molar-refractivity contribution < 1.29 is 9.53 Å². The highest BCUT2D eigenvalue weighted by atomic mass is 16.5. The fourth-order valence-corrected chi connectivity index (χ4v) is 2.35. The Morgan fingerprint density at radius 3 is 3.07 bits per heavy atom. The zero-order valence-corrected chi connectivity index (χ0v) is 8.66. The summed E-state index contributed by atoms with van der Waals surface area (Å²) in [4.78, 5) is 13.7. The van der Waals surface area contributed by atoms with E-state index in [1.54, 1.807) is 0 Å². The third-order valence-corrected chi connectivity index (χ3v) is 3.01. The lowest BCUT2D eigenvalue weighted by atomic mass is 10.0. The van der Waals surface area contributed by atoms with E-state index in [1.807, 2.05) is 4.90 Å². The number of hydrogen-bond acceptors (Lipinski definition) is 3. The molecule has 1 amide bonds. The Balaban J connectivity index is 2.01. The Morgan fingerprint density at radius 2 is 2.43 bits per heavy atom. The van der Waals surface area contributed by atoms with Gasteiger partial charge in [0.1, 0.15) is 6.61 Å². The molecule has 0 aliphatic carbocycles. The number of piperidine rings is 1. The van der Waals surface area contributed by atoms with Crippen LogP contribution in [-0.4, -0.2) is 49.2 Å². The van der Waals surface area contributed by atoms with Crippen LogP contribution in [0.3, 0.4) is 0 Å². The van der Waals surface area contributed by atoms with Gasteiger partial charge in [-0.05, 0) is 26.3 Å². The van der Waals surface area contributed by atoms with Gasteiger partial charge in [-0.1, -0.05) is 0 Å². The van der Waals surface area contributed by atoms with Gasteiger partial charge in [-0.25, -0.2) is 0 Å². The minimum Gasteiger partial charge on any atom is -0.370 e. The summed E-state index contributed by atoms with van der Waals surface area (Å²) in [5, 5.41) is 3.34. The average molecular weight is 198 g/mol. The predicted octanol–water partition coefficient (Wildman–Crippen LogP) is -0.0143. The van der Waals surface area contributed by atoms with E-state index in [0.717, 1.165) is 19.5 Å². The number of nitrogens with zero attached hydrogens (tertiary/aromatic N) is 1. The maximum Gasteiger partial charge on any atom is 0.249 e. The van der Waals surface area contributed by atoms with Gasteiger partial charge >= 0.3 is 0 Å². The molecule has 2 atom stereocenters. The van der Waals surface area contributed by atoms with Crippen molar-refractivity contribution in [3.63, 3.8) is 0 Å². The Bertz CT molecular complexity index is 214. The van der Waals surface area contributed by atoms with Crippen molar-refractivity contribution in [3.8, 4) is 0 Å². The van der Waals surface area contributed by atoms with Crippen molar-refractivity contribution in [2.75, 3.05) is 26.3 Å². The summed E-state index contributed by atoms with van der Waals surface area (Å²) in [5.74, 6) is 0.150. The minimum absolute atomic E-state index is 0.150. The molecular weight excluding hydrogens is 180 g/mol. The SMILES string of the molecule is CC1COCC(=O)N1C1CCCNC1. The van der Waals surface area contributed by atoms with Gasteiger partial charge in [0.05, 0.1) is 12.6 Å². The topological polar surface area (TPSA) is 41.6 Å². The summed E-state index contributed by atoms with van der Waals surface area (Å²) in [7, 11) is 0. The first-order valence-electron chi connectivity index (χ1n) is 5.38. The number of hydrogen-bond donors (Lipinski definition) is 1. The smallest absolute Gasteiger partial charge is 0.249 e. The van der Waals surface area contributed by atoms with E-state index < -0.39 is 0 Å². The highest BCUT2D eigenvalue weighted by Crippen LogP contribution is 2.17. The highest BCUT2D eigenvalue weighted by molar-refractivity contribution is 5.78. The van der Waals surface area contributed by atoms with Crippen LogP contribution in [0.25, 0.3) is 0 Å². The van der Waals surface area contributed by atoms with Gasteiger partial charge in [0.15, 0.2) is 0 Å². The fourth-order valence-electron chi connectivity index (χ4n) is 2.35. The van der Waals surface area contributed by atoms with Crippen LogP contribution in [0.5, 0.6) is 0 Å². The van der Waals surface area contributed by atoms with Crippen LogP contribution in [0.1, 0.15) is 19.8 Å². The molecule has 0 aromatic heterocycles. The average Bonchev–Trinajstić information content (AvgIpc) is 2.19. The maximum absolute atomic E-state index is 11.7. The van der Waals surface area contributed by atoms with Crippen LogP contribution in [0, 0.1) is 0 Å². The van der Waals surface area contributed by atoms with Gasteiger partial charge in [0, 0.05) is 12.6 Å². The van der Waals surface area contributed by atoms with Crippen LogP contribution >= 0.6 is 0 Å². The van der Waals surface area contributed by atoms with Crippen molar-refractivity contribution in [2.24, 2.45) is 0 Å². The summed E-state index contributed by atoms with van der Waals surface area (Å²) in [6.07, 6.45) is 2.30. The third kappa shape index (κ3) is 1.91. The number of carbonyl (C=O) groups is 1. The molecule has 0 saturated carbocycles. The predicted molar refractivity (Wildman–Crippen MR) is 53.0 cm³/mol. The molecule has 2 aliphatic heterocycles. The van der Waals surface area contributed by atoms with Gasteiger partial charge < -0.3 is 15.0 Å². The Kier molecular flexibility index (Phi) is 3.03. The molecule has 2 heterocycles. The zero-order chi connectivity index (χ0) is 9.97. The Hall–Kier alpha value is -0.610. The molecule has 0 aromatic carbocycles. The molecule has 4 nitrogen and oxygen atoms in total. The van der Waals surface area contributed by atoms with Crippen LogP contribution in [0.2, 0.25) is 0 Å². The summed E-state index contributed by atoms with van der Waals surface area (Å²) in [6.45, 7) is 5.04. The second-order valence-corrected chi connectivity index (χ2v) is 4.17. The van der Waals surface area contributed by atoms with E-state index in [1.165, 1.54) is 6.42 Å². The lowest BCUT2D eigenvalue weighted by molar-refractivity contribution is -0.151. The van der Waals surface area contributed by atoms with E-state index in [-0.39, 0.29) is 18.6 Å². The van der Waals surface area contributed by atoms with E-state index in [0.29, 0.717) is 12.6 Å². The largest absolute Gasteiger partial charge is 0.370 e. The minimum atomic E-state index is 0.150. The number of ether oxygens (including phenoxy) is 1. The van der Waals surface area contributed by atoms with Crippen LogP contribution in [0.4, 0.5) is 0 Å². The Morgan fingerprint density at radius 1 is 1.57 bits per heavy atom. The van der Waals surface area contributed by atoms with E-state index in [9.17, 15) is 4.79 Å². The second kappa shape index (κ2) is 4.28. The molecule has 1 N–H and O–H groups in total. The van der Waals surface area contributed by atoms with Crippen LogP contribution in [0.15, 0.2) is 0 Å². The second-order valence-electron chi connectivity index (χ2n) is 4.17. The summed E-state index contributed by atoms with van der Waals surface area (Å²) < 4.78 is 5.20. The molecule has 2 rings (SSSR count). The number of rotatable bonds is 1. The van der Waals surface area contributed by atoms with Gasteiger partial charge in [-0.15, -0.1) is 0 Å². The van der Waals surface area contributed by atoms with Crippen molar-refractivity contribution in [1.29, 1.82) is 0 Å². The van der Waals surface area contributed by atoms with Crippen molar-refractivity contribution in [2.45, 2.75) is 31.8 Å². The molecule has 0 spiro atoms. The molecule has 2 unspecified atom stereocenters. The molecule has 0 radical (unpaired) electrons. The molecule has 14 heavy (non-hydrogen) atoms. The zero-order valence-electron chi connectivity index (χ0n) is 8.66. The van der Waals surface area contributed by atoms with Crippen LogP contribution < -0.4 is 5.32 Å². The van der Waals surface area contributed by atoms with Crippen molar-refractivity contribution >= 4 is 5.91 Å². The van der Waals surface area contributed by atoms with Gasteiger partial charge in [0.2, 0.25) is 5.91 Å². The monoisotopic (exact) mass is 198 g/mol. The quantitative estimate of drug-likeness (QED) is 0.644. The number of nitrogens with one attached hydrogen (secondary N) is 1. The maximum atomic E-state index is 11.7. The third-order valence-electron chi connectivity index (χ3n) is 3.01. The normalized spacial score (nSPS) is 34.6. The molecule has 80 valence electrons. The van der Waals surface area contributed by atoms with Crippen molar-refractivity contribution in [3.05, 3.63) is 0 Å². The number of carbonyl (C=O) groups excluding carboxylic acids is 1.